The summed E-state index contributed by atoms with van der Waals surface area (Å²) < 4.78 is 1.66. The van der Waals surface area contributed by atoms with E-state index in [1.54, 1.807) is 17.8 Å². The zero-order chi connectivity index (χ0) is 25.5. The van der Waals surface area contributed by atoms with Crippen LogP contribution < -0.4 is 4.90 Å². The molecule has 0 N–H and O–H groups in total. The smallest absolute Gasteiger partial charge is 0.244 e. The Kier molecular flexibility index (Phi) is 8.43. The molecule has 0 aliphatic carbocycles. The van der Waals surface area contributed by atoms with Crippen LogP contribution in [-0.2, 0) is 29.2 Å². The molecule has 3 heterocycles. The summed E-state index contributed by atoms with van der Waals surface area (Å²) in [5.74, 6) is 1.37. The first-order valence-electron chi connectivity index (χ1n) is 12.5. The molecule has 190 valence electrons. The molecule has 1 aliphatic rings. The van der Waals surface area contributed by atoms with Gasteiger partial charge in [-0.25, -0.2) is 9.67 Å². The van der Waals surface area contributed by atoms with Crippen LogP contribution >= 0.6 is 0 Å². The molecule has 0 radical (unpaired) electrons. The molecular formula is C27H35N7O2. The average molecular weight is 490 g/mol. The molecule has 4 rings (SSSR count). The highest BCUT2D eigenvalue weighted by Gasteiger charge is 2.22. The van der Waals surface area contributed by atoms with Gasteiger partial charge in [-0.2, -0.15) is 5.10 Å². The second kappa shape index (κ2) is 11.9. The van der Waals surface area contributed by atoms with Gasteiger partial charge in [-0.1, -0.05) is 24.3 Å². The molecule has 0 saturated heterocycles. The predicted molar refractivity (Wildman–Crippen MR) is 138 cm³/mol. The quantitative estimate of drug-likeness (QED) is 0.560. The number of anilines is 1. The average Bonchev–Trinajstić information content (AvgIpc) is 3.17. The van der Waals surface area contributed by atoms with Crippen LogP contribution in [0.25, 0.3) is 0 Å². The van der Waals surface area contributed by atoms with Crippen molar-refractivity contribution >= 4 is 17.5 Å². The maximum Gasteiger partial charge on any atom is 0.244 e. The number of hydrogen-bond donors (Lipinski definition) is 0. The summed E-state index contributed by atoms with van der Waals surface area (Å²) in [5.41, 5.74) is 3.00. The third-order valence-electron chi connectivity index (χ3n) is 6.51. The van der Waals surface area contributed by atoms with E-state index in [0.29, 0.717) is 25.5 Å². The minimum Gasteiger partial charge on any atom is -0.337 e. The van der Waals surface area contributed by atoms with Crippen molar-refractivity contribution in [3.8, 4) is 0 Å². The Morgan fingerprint density at radius 1 is 0.972 bits per heavy atom. The molecule has 2 aromatic heterocycles. The highest BCUT2D eigenvalue weighted by molar-refractivity contribution is 5.92. The van der Waals surface area contributed by atoms with Gasteiger partial charge in [0, 0.05) is 64.3 Å². The number of aromatic nitrogens is 4. The van der Waals surface area contributed by atoms with Gasteiger partial charge >= 0.3 is 0 Å². The van der Waals surface area contributed by atoms with Crippen LogP contribution in [0, 0.1) is 13.8 Å². The van der Waals surface area contributed by atoms with E-state index < -0.39 is 0 Å². The normalized spacial score (nSPS) is 15.6. The number of amides is 2. The summed E-state index contributed by atoms with van der Waals surface area (Å²) in [6.07, 6.45) is 5.39. The van der Waals surface area contributed by atoms with E-state index in [4.69, 9.17) is 0 Å². The fraction of sp³-hybridized carbons (Fsp3) is 0.444. The summed E-state index contributed by atoms with van der Waals surface area (Å²) in [6, 6.07) is 11.9. The summed E-state index contributed by atoms with van der Waals surface area (Å²) in [7, 11) is 0. The fourth-order valence-corrected chi connectivity index (χ4v) is 4.75. The number of fused-ring (bicyclic) bond motifs is 1. The maximum atomic E-state index is 13.5. The van der Waals surface area contributed by atoms with Crippen molar-refractivity contribution in [2.24, 2.45) is 0 Å². The third-order valence-corrected chi connectivity index (χ3v) is 6.51. The first kappa shape index (κ1) is 25.5. The second-order valence-corrected chi connectivity index (χ2v) is 9.32. The number of rotatable bonds is 4. The maximum absolute atomic E-state index is 13.5. The van der Waals surface area contributed by atoms with Gasteiger partial charge in [-0.3, -0.25) is 19.5 Å². The van der Waals surface area contributed by atoms with Gasteiger partial charge in [0.25, 0.3) is 0 Å². The summed E-state index contributed by atoms with van der Waals surface area (Å²) >= 11 is 0. The molecule has 0 saturated carbocycles. The number of carbonyl (C=O) groups is 2. The Labute approximate surface area is 212 Å². The molecule has 2 amide bonds. The molecule has 3 aromatic rings. The van der Waals surface area contributed by atoms with Crippen molar-refractivity contribution in [2.75, 3.05) is 31.1 Å². The Bertz CT molecular complexity index is 1180. The van der Waals surface area contributed by atoms with Crippen LogP contribution in [0.5, 0.6) is 0 Å². The van der Waals surface area contributed by atoms with E-state index in [2.05, 4.69) is 26.0 Å². The monoisotopic (exact) mass is 489 g/mol. The van der Waals surface area contributed by atoms with Crippen molar-refractivity contribution < 1.29 is 9.59 Å². The van der Waals surface area contributed by atoms with Gasteiger partial charge in [0.2, 0.25) is 11.8 Å². The van der Waals surface area contributed by atoms with E-state index in [0.717, 1.165) is 55.1 Å². The van der Waals surface area contributed by atoms with Crippen molar-refractivity contribution in [3.05, 3.63) is 71.6 Å². The predicted octanol–water partition coefficient (Wildman–Crippen LogP) is 2.97. The summed E-state index contributed by atoms with van der Waals surface area (Å²) in [5, 5.41) is 4.38. The molecular weight excluding hydrogens is 454 g/mol. The van der Waals surface area contributed by atoms with Crippen molar-refractivity contribution in [1.29, 1.82) is 0 Å². The SMILES string of the molecule is CC(=O)N1CCCN(Cc2cccnc2)CCCN(C(=O)Cn2nc(C)nc2C)Cc2ccccc21. The lowest BCUT2D eigenvalue weighted by atomic mass is 10.1. The number of pyridine rings is 1. The summed E-state index contributed by atoms with van der Waals surface area (Å²) in [4.78, 5) is 40.8. The Hall–Kier alpha value is -3.59. The van der Waals surface area contributed by atoms with Crippen molar-refractivity contribution in [2.45, 2.75) is 53.2 Å². The zero-order valence-electron chi connectivity index (χ0n) is 21.4. The zero-order valence-corrected chi connectivity index (χ0v) is 21.4. The molecule has 0 fully saturated rings. The molecule has 9 heteroatoms. The fourth-order valence-electron chi connectivity index (χ4n) is 4.75. The number of benzene rings is 1. The lowest BCUT2D eigenvalue weighted by Crippen LogP contribution is -2.39. The number of carbonyl (C=O) groups excluding carboxylic acids is 2. The minimum absolute atomic E-state index is 0.00455. The lowest BCUT2D eigenvalue weighted by molar-refractivity contribution is -0.132. The van der Waals surface area contributed by atoms with E-state index in [-0.39, 0.29) is 18.4 Å². The molecule has 1 aromatic carbocycles. The topological polar surface area (TPSA) is 87.5 Å². The van der Waals surface area contributed by atoms with Crippen LogP contribution in [0.2, 0.25) is 0 Å². The van der Waals surface area contributed by atoms with E-state index >= 15 is 0 Å². The van der Waals surface area contributed by atoms with Gasteiger partial charge in [-0.15, -0.1) is 0 Å². The molecule has 36 heavy (non-hydrogen) atoms. The van der Waals surface area contributed by atoms with Crippen LogP contribution in [0.4, 0.5) is 5.69 Å². The molecule has 1 aliphatic heterocycles. The number of hydrogen-bond acceptors (Lipinski definition) is 6. The van der Waals surface area contributed by atoms with Crippen LogP contribution in [0.3, 0.4) is 0 Å². The molecule has 0 atom stereocenters. The molecule has 0 unspecified atom stereocenters. The molecule has 0 bridgehead atoms. The second-order valence-electron chi connectivity index (χ2n) is 9.32. The number of aryl methyl sites for hydroxylation is 2. The van der Waals surface area contributed by atoms with Crippen LogP contribution in [0.1, 0.15) is 42.5 Å². The third kappa shape index (κ3) is 6.54. The van der Waals surface area contributed by atoms with Crippen molar-refractivity contribution in [3.63, 3.8) is 0 Å². The Morgan fingerprint density at radius 3 is 2.44 bits per heavy atom. The Morgan fingerprint density at radius 2 is 1.75 bits per heavy atom. The van der Waals surface area contributed by atoms with Crippen LogP contribution in [0.15, 0.2) is 48.8 Å². The van der Waals surface area contributed by atoms with E-state index in [1.807, 2.05) is 60.2 Å². The van der Waals surface area contributed by atoms with E-state index in [9.17, 15) is 9.59 Å². The number of para-hydroxylation sites is 1. The number of nitrogens with zero attached hydrogens (tertiary/aromatic N) is 7. The standard InChI is InChI=1S/C27H35N7O2/c1-21-29-22(2)34(30-21)20-27(36)32-15-7-13-31(18-24-9-6-12-28-17-24)14-8-16-33(23(3)35)26-11-5-4-10-25(26)19-32/h4-6,9-12,17H,7-8,13-16,18-20H2,1-3H3. The molecule has 9 nitrogen and oxygen atoms in total. The highest BCUT2D eigenvalue weighted by atomic mass is 16.2. The minimum atomic E-state index is -0.0111. The largest absolute Gasteiger partial charge is 0.337 e. The lowest BCUT2D eigenvalue weighted by Gasteiger charge is -2.31. The molecule has 0 spiro atoms. The Balaban J connectivity index is 1.59. The first-order chi connectivity index (χ1) is 17.4. The van der Waals surface area contributed by atoms with E-state index in [1.165, 1.54) is 0 Å². The summed E-state index contributed by atoms with van der Waals surface area (Å²) in [6.45, 7) is 9.61. The van der Waals surface area contributed by atoms with Gasteiger partial charge < -0.3 is 9.80 Å². The van der Waals surface area contributed by atoms with Gasteiger partial charge in [0.1, 0.15) is 18.2 Å². The van der Waals surface area contributed by atoms with Crippen LogP contribution in [-0.4, -0.2) is 67.5 Å². The van der Waals surface area contributed by atoms with Gasteiger partial charge in [-0.05, 0) is 49.9 Å². The van der Waals surface area contributed by atoms with Gasteiger partial charge in [0.05, 0.1) is 0 Å². The van der Waals surface area contributed by atoms with Gasteiger partial charge in [0.15, 0.2) is 0 Å². The first-order valence-corrected chi connectivity index (χ1v) is 12.5. The highest BCUT2D eigenvalue weighted by Crippen LogP contribution is 2.24. The van der Waals surface area contributed by atoms with Crippen molar-refractivity contribution in [1.82, 2.24) is 29.5 Å².